The molecule has 1 aromatic carbocycles. The number of fused-ring (bicyclic) bond motifs is 1. The van der Waals surface area contributed by atoms with Crippen molar-refractivity contribution in [1.82, 2.24) is 10.3 Å². The first-order chi connectivity index (χ1) is 10.1. The van der Waals surface area contributed by atoms with Gasteiger partial charge in [-0.2, -0.15) is 0 Å². The van der Waals surface area contributed by atoms with Gasteiger partial charge >= 0.3 is 0 Å². The molecule has 0 saturated carbocycles. The summed E-state index contributed by atoms with van der Waals surface area (Å²) in [5.74, 6) is 1.02. The molecule has 1 atom stereocenters. The molecule has 0 fully saturated rings. The lowest BCUT2D eigenvalue weighted by atomic mass is 10.0. The molecule has 2 aromatic rings. The van der Waals surface area contributed by atoms with Crippen LogP contribution >= 0.6 is 0 Å². The summed E-state index contributed by atoms with van der Waals surface area (Å²) in [5, 5.41) is 3.43. The number of hydrogen-bond acceptors (Lipinski definition) is 3. The molecule has 2 heterocycles. The highest BCUT2D eigenvalue weighted by molar-refractivity contribution is 5.66. The molecular formula is C18H22N2O. The molecule has 1 aromatic heterocycles. The molecule has 1 aliphatic rings. The van der Waals surface area contributed by atoms with Crippen molar-refractivity contribution in [3.63, 3.8) is 0 Å². The van der Waals surface area contributed by atoms with Gasteiger partial charge in [0.05, 0.1) is 0 Å². The topological polar surface area (TPSA) is 34.2 Å². The monoisotopic (exact) mass is 282 g/mol. The van der Waals surface area contributed by atoms with Crippen molar-refractivity contribution in [2.45, 2.75) is 45.9 Å². The summed E-state index contributed by atoms with van der Waals surface area (Å²) < 4.78 is 5.76. The molecular weight excluding hydrogens is 260 g/mol. The standard InChI is InChI=1S/C18H22N2O/c1-12(2)20-10-14-7-17(11-19-9-14)15-4-5-18-16(8-15)6-13(3)21-18/h4-5,7-9,11-13,20H,6,10H2,1-3H3. The largest absolute Gasteiger partial charge is 0.490 e. The van der Waals surface area contributed by atoms with Gasteiger partial charge in [0.2, 0.25) is 0 Å². The summed E-state index contributed by atoms with van der Waals surface area (Å²) in [4.78, 5) is 4.38. The normalized spacial score (nSPS) is 16.9. The number of pyridine rings is 1. The van der Waals surface area contributed by atoms with Crippen molar-refractivity contribution in [2.24, 2.45) is 0 Å². The van der Waals surface area contributed by atoms with Crippen LogP contribution in [0.5, 0.6) is 5.75 Å². The van der Waals surface area contributed by atoms with Gasteiger partial charge in [0.1, 0.15) is 11.9 Å². The molecule has 0 spiro atoms. The van der Waals surface area contributed by atoms with Crippen molar-refractivity contribution >= 4 is 0 Å². The highest BCUT2D eigenvalue weighted by Crippen LogP contribution is 2.32. The van der Waals surface area contributed by atoms with Gasteiger partial charge in [-0.3, -0.25) is 4.98 Å². The zero-order chi connectivity index (χ0) is 14.8. The average Bonchev–Trinajstić information content (AvgIpc) is 2.84. The van der Waals surface area contributed by atoms with Crippen LogP contribution in [0.15, 0.2) is 36.7 Å². The lowest BCUT2D eigenvalue weighted by Crippen LogP contribution is -2.21. The molecule has 0 aliphatic carbocycles. The summed E-state index contributed by atoms with van der Waals surface area (Å²) in [7, 11) is 0. The quantitative estimate of drug-likeness (QED) is 0.931. The number of ether oxygens (including phenoxy) is 1. The third kappa shape index (κ3) is 3.24. The minimum Gasteiger partial charge on any atom is -0.490 e. The van der Waals surface area contributed by atoms with E-state index in [1.165, 1.54) is 22.3 Å². The summed E-state index contributed by atoms with van der Waals surface area (Å²) >= 11 is 0. The van der Waals surface area contributed by atoms with Gasteiger partial charge in [-0.05, 0) is 41.8 Å². The fourth-order valence-corrected chi connectivity index (χ4v) is 2.67. The zero-order valence-corrected chi connectivity index (χ0v) is 12.9. The SMILES string of the molecule is CC(C)NCc1cncc(-c2ccc3c(c2)CC(C)O3)c1. The Labute approximate surface area is 126 Å². The summed E-state index contributed by atoms with van der Waals surface area (Å²) in [6.45, 7) is 7.26. The fourth-order valence-electron chi connectivity index (χ4n) is 2.67. The Morgan fingerprint density at radius 3 is 2.90 bits per heavy atom. The van der Waals surface area contributed by atoms with E-state index in [2.05, 4.69) is 55.3 Å². The Balaban J connectivity index is 1.84. The second kappa shape index (κ2) is 5.86. The van der Waals surface area contributed by atoms with E-state index < -0.39 is 0 Å². The Morgan fingerprint density at radius 2 is 2.10 bits per heavy atom. The van der Waals surface area contributed by atoms with Crippen LogP contribution in [-0.2, 0) is 13.0 Å². The highest BCUT2D eigenvalue weighted by atomic mass is 16.5. The van der Waals surface area contributed by atoms with E-state index in [9.17, 15) is 0 Å². The number of hydrogen-bond donors (Lipinski definition) is 1. The Morgan fingerprint density at radius 1 is 1.24 bits per heavy atom. The predicted octanol–water partition coefficient (Wildman–Crippen LogP) is 3.57. The molecule has 1 aliphatic heterocycles. The molecule has 0 bridgehead atoms. The smallest absolute Gasteiger partial charge is 0.123 e. The van der Waals surface area contributed by atoms with E-state index >= 15 is 0 Å². The van der Waals surface area contributed by atoms with Crippen LogP contribution in [0, 0.1) is 0 Å². The number of nitrogens with zero attached hydrogens (tertiary/aromatic N) is 1. The first kappa shape index (κ1) is 14.1. The molecule has 0 saturated heterocycles. The minimum absolute atomic E-state index is 0.287. The van der Waals surface area contributed by atoms with Crippen molar-refractivity contribution in [3.05, 3.63) is 47.8 Å². The number of benzene rings is 1. The van der Waals surface area contributed by atoms with Crippen LogP contribution in [0.4, 0.5) is 0 Å². The molecule has 1 unspecified atom stereocenters. The van der Waals surface area contributed by atoms with Gasteiger partial charge in [0, 0.05) is 37.0 Å². The first-order valence-electron chi connectivity index (χ1n) is 7.59. The molecule has 3 rings (SSSR count). The molecule has 0 radical (unpaired) electrons. The van der Waals surface area contributed by atoms with Crippen LogP contribution in [0.3, 0.4) is 0 Å². The predicted molar refractivity (Wildman–Crippen MR) is 85.4 cm³/mol. The van der Waals surface area contributed by atoms with Gasteiger partial charge in [0.15, 0.2) is 0 Å². The van der Waals surface area contributed by atoms with E-state index in [1.807, 2.05) is 12.4 Å². The van der Waals surface area contributed by atoms with Crippen LogP contribution in [0.25, 0.3) is 11.1 Å². The molecule has 1 N–H and O–H groups in total. The van der Waals surface area contributed by atoms with Crippen LogP contribution in [0.2, 0.25) is 0 Å². The lowest BCUT2D eigenvalue weighted by Gasteiger charge is -2.09. The summed E-state index contributed by atoms with van der Waals surface area (Å²) in [6.07, 6.45) is 5.14. The van der Waals surface area contributed by atoms with Gasteiger partial charge in [-0.25, -0.2) is 0 Å². The third-order valence-corrected chi connectivity index (χ3v) is 3.74. The van der Waals surface area contributed by atoms with E-state index in [0.29, 0.717) is 6.04 Å². The Bertz CT molecular complexity index is 637. The maximum Gasteiger partial charge on any atom is 0.123 e. The Kier molecular flexibility index (Phi) is 3.93. The van der Waals surface area contributed by atoms with Crippen molar-refractivity contribution < 1.29 is 4.74 Å². The number of nitrogens with one attached hydrogen (secondary N) is 1. The molecule has 110 valence electrons. The minimum atomic E-state index is 0.287. The first-order valence-corrected chi connectivity index (χ1v) is 7.59. The van der Waals surface area contributed by atoms with Crippen molar-refractivity contribution in [3.8, 4) is 16.9 Å². The van der Waals surface area contributed by atoms with Crippen molar-refractivity contribution in [1.29, 1.82) is 0 Å². The second-order valence-corrected chi connectivity index (χ2v) is 6.07. The second-order valence-electron chi connectivity index (χ2n) is 6.07. The van der Waals surface area contributed by atoms with E-state index in [4.69, 9.17) is 4.74 Å². The third-order valence-electron chi connectivity index (χ3n) is 3.74. The lowest BCUT2D eigenvalue weighted by molar-refractivity contribution is 0.254. The van der Waals surface area contributed by atoms with Gasteiger partial charge in [-0.1, -0.05) is 19.9 Å². The fraction of sp³-hybridized carbons (Fsp3) is 0.389. The summed E-state index contributed by atoms with van der Waals surface area (Å²) in [6, 6.07) is 9.12. The maximum absolute atomic E-state index is 5.76. The van der Waals surface area contributed by atoms with Crippen LogP contribution in [0.1, 0.15) is 31.9 Å². The van der Waals surface area contributed by atoms with Gasteiger partial charge in [-0.15, -0.1) is 0 Å². The van der Waals surface area contributed by atoms with Gasteiger partial charge < -0.3 is 10.1 Å². The van der Waals surface area contributed by atoms with E-state index in [-0.39, 0.29) is 6.10 Å². The highest BCUT2D eigenvalue weighted by Gasteiger charge is 2.19. The molecule has 21 heavy (non-hydrogen) atoms. The maximum atomic E-state index is 5.76. The zero-order valence-electron chi connectivity index (χ0n) is 12.9. The Hall–Kier alpha value is -1.87. The molecule has 0 amide bonds. The van der Waals surface area contributed by atoms with Gasteiger partial charge in [0.25, 0.3) is 0 Å². The van der Waals surface area contributed by atoms with Crippen LogP contribution in [-0.4, -0.2) is 17.1 Å². The van der Waals surface area contributed by atoms with E-state index in [0.717, 1.165) is 18.7 Å². The number of rotatable bonds is 4. The molecule has 3 heteroatoms. The average molecular weight is 282 g/mol. The van der Waals surface area contributed by atoms with Crippen molar-refractivity contribution in [2.75, 3.05) is 0 Å². The molecule has 3 nitrogen and oxygen atoms in total. The summed E-state index contributed by atoms with van der Waals surface area (Å²) in [5.41, 5.74) is 4.89. The van der Waals surface area contributed by atoms with E-state index in [1.54, 1.807) is 0 Å². The number of aromatic nitrogens is 1. The van der Waals surface area contributed by atoms with Crippen LogP contribution < -0.4 is 10.1 Å².